The molecule has 6 nitrogen and oxygen atoms in total. The fraction of sp³-hybridized carbons (Fsp3) is 0.273. The summed E-state index contributed by atoms with van der Waals surface area (Å²) in [5, 5.41) is 5.98. The number of nitrogens with one attached hydrogen (secondary N) is 2. The molecule has 0 aromatic heterocycles. The third kappa shape index (κ3) is 3.17. The number of hydrogen-bond acceptors (Lipinski definition) is 5. The minimum absolute atomic E-state index is 0.185. The van der Waals surface area contributed by atoms with Gasteiger partial charge in [0.05, 0.1) is 12.2 Å². The molecule has 3 aliphatic rings. The van der Waals surface area contributed by atoms with Gasteiger partial charge < -0.3 is 20.1 Å². The van der Waals surface area contributed by atoms with Crippen molar-refractivity contribution in [2.45, 2.75) is 25.5 Å². The van der Waals surface area contributed by atoms with Gasteiger partial charge in [-0.3, -0.25) is 9.59 Å². The van der Waals surface area contributed by atoms with Crippen LogP contribution >= 0.6 is 0 Å². The fourth-order valence-electron chi connectivity index (χ4n) is 4.01. The molecule has 2 aromatic rings. The second kappa shape index (κ2) is 7.00. The summed E-state index contributed by atoms with van der Waals surface area (Å²) < 4.78 is 24.5. The van der Waals surface area contributed by atoms with E-state index in [4.69, 9.17) is 9.47 Å². The van der Waals surface area contributed by atoms with Gasteiger partial charge in [-0.15, -0.1) is 0 Å². The highest BCUT2D eigenvalue weighted by Gasteiger charge is 2.33. The third-order valence-corrected chi connectivity index (χ3v) is 5.48. The van der Waals surface area contributed by atoms with Crippen LogP contribution in [-0.2, 0) is 32.1 Å². The van der Waals surface area contributed by atoms with Crippen LogP contribution in [0.2, 0.25) is 0 Å². The Kier molecular flexibility index (Phi) is 4.32. The Hall–Kier alpha value is -3.19. The van der Waals surface area contributed by atoms with E-state index in [2.05, 4.69) is 16.7 Å². The number of fused-ring (bicyclic) bond motifs is 2. The van der Waals surface area contributed by atoms with E-state index in [0.29, 0.717) is 48.8 Å². The molecule has 1 atom stereocenters. The minimum atomic E-state index is -0.398. The number of amides is 1. The second-order valence-corrected chi connectivity index (χ2v) is 7.34. The molecule has 2 N–H and O–H groups in total. The zero-order valence-electron chi connectivity index (χ0n) is 15.6. The lowest BCUT2D eigenvalue weighted by Crippen LogP contribution is -2.34. The summed E-state index contributed by atoms with van der Waals surface area (Å²) in [5.74, 6) is -0.383. The van der Waals surface area contributed by atoms with Gasteiger partial charge in [-0.25, -0.2) is 4.39 Å². The zero-order chi connectivity index (χ0) is 20.0. The Labute approximate surface area is 166 Å². The number of carbonyl (C=O) groups is 2. The summed E-state index contributed by atoms with van der Waals surface area (Å²) in [6.45, 7) is 1.51. The van der Waals surface area contributed by atoms with Crippen molar-refractivity contribution in [3.63, 3.8) is 0 Å². The number of ether oxygens (including phenoxy) is 2. The van der Waals surface area contributed by atoms with Crippen LogP contribution in [0.3, 0.4) is 0 Å². The quantitative estimate of drug-likeness (QED) is 0.616. The first kappa shape index (κ1) is 17.9. The molecule has 148 valence electrons. The first-order chi connectivity index (χ1) is 14.1. The lowest BCUT2D eigenvalue weighted by Gasteiger charge is -2.09. The summed E-state index contributed by atoms with van der Waals surface area (Å²) >= 11 is 0. The Morgan fingerprint density at radius 2 is 2.00 bits per heavy atom. The maximum atomic E-state index is 13.7. The van der Waals surface area contributed by atoms with Gasteiger partial charge in [0.25, 0.3) is 5.91 Å². The molecule has 3 aliphatic heterocycles. The van der Waals surface area contributed by atoms with Crippen molar-refractivity contribution in [1.29, 1.82) is 0 Å². The van der Waals surface area contributed by atoms with Crippen LogP contribution in [0.25, 0.3) is 11.3 Å². The number of cyclic esters (lactones) is 1. The van der Waals surface area contributed by atoms with E-state index in [0.717, 1.165) is 23.1 Å². The van der Waals surface area contributed by atoms with Crippen LogP contribution in [-0.4, -0.2) is 31.1 Å². The fourth-order valence-corrected chi connectivity index (χ4v) is 4.01. The van der Waals surface area contributed by atoms with E-state index in [-0.39, 0.29) is 17.9 Å². The molecule has 3 heterocycles. The van der Waals surface area contributed by atoms with Gasteiger partial charge in [0.1, 0.15) is 24.2 Å². The van der Waals surface area contributed by atoms with E-state index in [1.807, 2.05) is 12.1 Å². The monoisotopic (exact) mass is 394 g/mol. The lowest BCUT2D eigenvalue weighted by atomic mass is 9.98. The highest BCUT2D eigenvalue weighted by molar-refractivity contribution is 6.36. The summed E-state index contributed by atoms with van der Waals surface area (Å²) in [6.07, 6.45) is 1.47. The summed E-state index contributed by atoms with van der Waals surface area (Å²) in [5.41, 5.74) is 4.43. The van der Waals surface area contributed by atoms with Crippen molar-refractivity contribution in [3.8, 4) is 0 Å². The molecular formula is C22H19FN2O4. The Balaban J connectivity index is 1.37. The third-order valence-electron chi connectivity index (χ3n) is 5.48. The standard InChI is InChI=1S/C22H19FN2O4/c23-14-2-4-17-16(10-14)19(21(26)25-17)20-15-3-1-12(9-13(15)11-29-20)5-7-24-18-6-8-28-22(18)27/h1-4,9-10,18,24H,5-8,11H2,(H,25,26)/b20-19+. The van der Waals surface area contributed by atoms with E-state index in [1.165, 1.54) is 12.1 Å². The average molecular weight is 394 g/mol. The Morgan fingerprint density at radius 3 is 2.83 bits per heavy atom. The molecule has 1 fully saturated rings. The van der Waals surface area contributed by atoms with Gasteiger partial charge in [0, 0.05) is 28.8 Å². The van der Waals surface area contributed by atoms with Gasteiger partial charge in [-0.1, -0.05) is 18.2 Å². The normalized spacial score (nSPS) is 22.2. The molecule has 0 saturated carbocycles. The predicted octanol–water partition coefficient (Wildman–Crippen LogP) is 2.62. The highest BCUT2D eigenvalue weighted by Crippen LogP contribution is 2.41. The molecule has 1 amide bonds. The van der Waals surface area contributed by atoms with E-state index in [1.54, 1.807) is 6.07 Å². The van der Waals surface area contributed by atoms with Crippen molar-refractivity contribution in [2.24, 2.45) is 0 Å². The smallest absolute Gasteiger partial charge is 0.323 e. The SMILES string of the molecule is O=C1Nc2ccc(F)cc2/C1=C1\OCc2cc(CCNC3CCOC3=O)ccc21. The topological polar surface area (TPSA) is 76.7 Å². The van der Waals surface area contributed by atoms with Gasteiger partial charge in [0.15, 0.2) is 0 Å². The van der Waals surface area contributed by atoms with Crippen molar-refractivity contribution in [2.75, 3.05) is 18.5 Å². The second-order valence-electron chi connectivity index (χ2n) is 7.34. The maximum Gasteiger partial charge on any atom is 0.323 e. The molecule has 5 rings (SSSR count). The van der Waals surface area contributed by atoms with Crippen molar-refractivity contribution < 1.29 is 23.5 Å². The van der Waals surface area contributed by atoms with Crippen molar-refractivity contribution in [3.05, 3.63) is 64.5 Å². The minimum Gasteiger partial charge on any atom is -0.487 e. The number of esters is 1. The molecule has 1 saturated heterocycles. The summed E-state index contributed by atoms with van der Waals surface area (Å²) in [6, 6.07) is 9.99. The molecule has 29 heavy (non-hydrogen) atoms. The number of benzene rings is 2. The van der Waals surface area contributed by atoms with Gasteiger partial charge >= 0.3 is 5.97 Å². The van der Waals surface area contributed by atoms with E-state index >= 15 is 0 Å². The predicted molar refractivity (Wildman–Crippen MR) is 104 cm³/mol. The van der Waals surface area contributed by atoms with Crippen molar-refractivity contribution >= 4 is 28.9 Å². The molecular weight excluding hydrogens is 375 g/mol. The van der Waals surface area contributed by atoms with Crippen LogP contribution in [0, 0.1) is 5.82 Å². The molecule has 0 aliphatic carbocycles. The van der Waals surface area contributed by atoms with E-state index < -0.39 is 5.82 Å². The molecule has 7 heteroatoms. The van der Waals surface area contributed by atoms with Crippen LogP contribution in [0.1, 0.15) is 28.7 Å². The number of rotatable bonds is 4. The van der Waals surface area contributed by atoms with Crippen LogP contribution in [0.15, 0.2) is 36.4 Å². The largest absolute Gasteiger partial charge is 0.487 e. The number of anilines is 1. The van der Waals surface area contributed by atoms with Crippen molar-refractivity contribution in [1.82, 2.24) is 5.32 Å². The lowest BCUT2D eigenvalue weighted by molar-refractivity contribution is -0.139. The maximum absolute atomic E-state index is 13.7. The average Bonchev–Trinajstić information content (AvgIpc) is 3.38. The van der Waals surface area contributed by atoms with Gasteiger partial charge in [-0.05, 0) is 36.7 Å². The van der Waals surface area contributed by atoms with Gasteiger partial charge in [-0.2, -0.15) is 0 Å². The summed E-state index contributed by atoms with van der Waals surface area (Å²) in [7, 11) is 0. The first-order valence-electron chi connectivity index (χ1n) is 9.61. The summed E-state index contributed by atoms with van der Waals surface area (Å²) in [4.78, 5) is 24.0. The number of hydrogen-bond donors (Lipinski definition) is 2. The van der Waals surface area contributed by atoms with Crippen LogP contribution in [0.5, 0.6) is 0 Å². The Morgan fingerprint density at radius 1 is 1.10 bits per heavy atom. The van der Waals surface area contributed by atoms with Crippen LogP contribution in [0.4, 0.5) is 10.1 Å². The first-order valence-corrected chi connectivity index (χ1v) is 9.61. The van der Waals surface area contributed by atoms with Crippen LogP contribution < -0.4 is 10.6 Å². The Bertz CT molecular complexity index is 1060. The molecule has 1 unspecified atom stereocenters. The number of carbonyl (C=O) groups excluding carboxylic acids is 2. The molecule has 0 radical (unpaired) electrons. The highest BCUT2D eigenvalue weighted by atomic mass is 19.1. The molecule has 0 bridgehead atoms. The van der Waals surface area contributed by atoms with Gasteiger partial charge in [0.2, 0.25) is 0 Å². The molecule has 2 aromatic carbocycles. The zero-order valence-corrected chi connectivity index (χ0v) is 15.6. The molecule has 0 spiro atoms. The number of halogens is 1. The van der Waals surface area contributed by atoms with E-state index in [9.17, 15) is 14.0 Å².